The lowest BCUT2D eigenvalue weighted by Gasteiger charge is -2.06. The van der Waals surface area contributed by atoms with Crippen molar-refractivity contribution in [3.05, 3.63) is 29.0 Å². The average Bonchev–Trinajstić information content (AvgIpc) is 3.09. The van der Waals surface area contributed by atoms with Gasteiger partial charge in [-0.3, -0.25) is 0 Å². The van der Waals surface area contributed by atoms with Crippen LogP contribution in [-0.2, 0) is 0 Å². The van der Waals surface area contributed by atoms with Gasteiger partial charge < -0.3 is 5.32 Å². The Kier molecular flexibility index (Phi) is 3.38. The lowest BCUT2D eigenvalue weighted by atomic mass is 10.3. The lowest BCUT2D eigenvalue weighted by molar-refractivity contribution is 0.797. The van der Waals surface area contributed by atoms with Crippen molar-refractivity contribution in [2.75, 3.05) is 11.9 Å². The molecular formula is C12H13N7S. The highest BCUT2D eigenvalue weighted by atomic mass is 32.1. The minimum Gasteiger partial charge on any atom is -0.354 e. The molecule has 0 aliphatic rings. The average molecular weight is 287 g/mol. The smallest absolute Gasteiger partial charge is 0.257 e. The Morgan fingerprint density at radius 3 is 2.85 bits per heavy atom. The van der Waals surface area contributed by atoms with Gasteiger partial charge in [0.25, 0.3) is 5.95 Å². The molecule has 0 saturated heterocycles. The van der Waals surface area contributed by atoms with Gasteiger partial charge in [0.05, 0.1) is 0 Å². The highest BCUT2D eigenvalue weighted by Gasteiger charge is 2.11. The van der Waals surface area contributed by atoms with E-state index in [4.69, 9.17) is 0 Å². The first-order chi connectivity index (χ1) is 9.76. The molecule has 0 bridgehead atoms. The van der Waals surface area contributed by atoms with Gasteiger partial charge >= 0.3 is 0 Å². The van der Waals surface area contributed by atoms with Crippen LogP contribution in [0.4, 0.5) is 5.95 Å². The monoisotopic (exact) mass is 287 g/mol. The summed E-state index contributed by atoms with van der Waals surface area (Å²) in [6, 6.07) is 2.06. The van der Waals surface area contributed by atoms with Gasteiger partial charge in [0, 0.05) is 22.4 Å². The third kappa shape index (κ3) is 2.50. The molecule has 1 N–H and O–H groups in total. The van der Waals surface area contributed by atoms with E-state index in [9.17, 15) is 0 Å². The SMILES string of the molecule is CCNc1nc(-c2csc(C)c2)nc(-n2cncn2)n1. The Labute approximate surface area is 119 Å². The van der Waals surface area contributed by atoms with Crippen LogP contribution in [0, 0.1) is 6.92 Å². The lowest BCUT2D eigenvalue weighted by Crippen LogP contribution is -2.10. The van der Waals surface area contributed by atoms with Crippen molar-refractivity contribution < 1.29 is 0 Å². The van der Waals surface area contributed by atoms with E-state index in [2.05, 4.69) is 43.3 Å². The van der Waals surface area contributed by atoms with Crippen molar-refractivity contribution in [3.8, 4) is 17.3 Å². The van der Waals surface area contributed by atoms with Crippen LogP contribution in [0.5, 0.6) is 0 Å². The van der Waals surface area contributed by atoms with Gasteiger partial charge in [-0.05, 0) is 19.9 Å². The molecular weight excluding hydrogens is 274 g/mol. The zero-order valence-corrected chi connectivity index (χ0v) is 11.9. The molecule has 0 amide bonds. The van der Waals surface area contributed by atoms with E-state index in [1.807, 2.05) is 12.3 Å². The second-order valence-corrected chi connectivity index (χ2v) is 5.21. The molecule has 0 spiro atoms. The zero-order valence-electron chi connectivity index (χ0n) is 11.1. The van der Waals surface area contributed by atoms with Gasteiger partial charge in [0.1, 0.15) is 12.7 Å². The third-order valence-electron chi connectivity index (χ3n) is 2.57. The highest BCUT2D eigenvalue weighted by molar-refractivity contribution is 7.10. The maximum Gasteiger partial charge on any atom is 0.257 e. The number of nitrogens with zero attached hydrogens (tertiary/aromatic N) is 6. The normalized spacial score (nSPS) is 10.7. The van der Waals surface area contributed by atoms with Crippen LogP contribution in [-0.4, -0.2) is 36.3 Å². The molecule has 102 valence electrons. The first-order valence-corrected chi connectivity index (χ1v) is 7.04. The summed E-state index contributed by atoms with van der Waals surface area (Å²) in [6.07, 6.45) is 3.01. The number of aromatic nitrogens is 6. The number of aryl methyl sites for hydroxylation is 1. The molecule has 3 heterocycles. The van der Waals surface area contributed by atoms with Gasteiger partial charge in [-0.15, -0.1) is 11.3 Å². The van der Waals surface area contributed by atoms with Gasteiger partial charge in [-0.1, -0.05) is 0 Å². The first kappa shape index (κ1) is 12.7. The van der Waals surface area contributed by atoms with E-state index >= 15 is 0 Å². The molecule has 0 aliphatic heterocycles. The molecule has 3 aromatic rings. The summed E-state index contributed by atoms with van der Waals surface area (Å²) in [6.45, 7) is 4.79. The molecule has 0 aliphatic carbocycles. The molecule has 3 rings (SSSR count). The zero-order chi connectivity index (χ0) is 13.9. The van der Waals surface area contributed by atoms with Crippen molar-refractivity contribution in [1.82, 2.24) is 29.7 Å². The number of hydrogen-bond donors (Lipinski definition) is 1. The van der Waals surface area contributed by atoms with Crippen LogP contribution in [0.25, 0.3) is 17.3 Å². The second kappa shape index (κ2) is 5.33. The molecule has 0 saturated carbocycles. The second-order valence-electron chi connectivity index (χ2n) is 4.10. The number of rotatable bonds is 4. The molecule has 0 aromatic carbocycles. The molecule has 0 atom stereocenters. The van der Waals surface area contributed by atoms with Crippen molar-refractivity contribution in [2.24, 2.45) is 0 Å². The Morgan fingerprint density at radius 1 is 1.30 bits per heavy atom. The standard InChI is InChI=1S/C12H13N7S/c1-3-14-11-16-10(9-4-8(2)20-5-9)17-12(18-11)19-7-13-6-15-19/h4-7H,3H2,1-2H3,(H,14,16,17,18). The number of hydrogen-bond acceptors (Lipinski definition) is 7. The van der Waals surface area contributed by atoms with Crippen LogP contribution in [0.15, 0.2) is 24.1 Å². The Bertz CT molecular complexity index is 704. The van der Waals surface area contributed by atoms with E-state index in [0.717, 1.165) is 12.1 Å². The van der Waals surface area contributed by atoms with Gasteiger partial charge in [-0.2, -0.15) is 24.7 Å². The van der Waals surface area contributed by atoms with E-state index in [1.165, 1.54) is 15.9 Å². The summed E-state index contributed by atoms with van der Waals surface area (Å²) < 4.78 is 1.52. The summed E-state index contributed by atoms with van der Waals surface area (Å²) in [5, 5.41) is 9.20. The number of thiophene rings is 1. The topological polar surface area (TPSA) is 81.4 Å². The minimum absolute atomic E-state index is 0.451. The van der Waals surface area contributed by atoms with Gasteiger partial charge in [0.15, 0.2) is 5.82 Å². The predicted octanol–water partition coefficient (Wildman–Crippen LogP) is 1.92. The summed E-state index contributed by atoms with van der Waals surface area (Å²) >= 11 is 1.67. The summed E-state index contributed by atoms with van der Waals surface area (Å²) in [7, 11) is 0. The van der Waals surface area contributed by atoms with Crippen molar-refractivity contribution in [2.45, 2.75) is 13.8 Å². The van der Waals surface area contributed by atoms with Crippen molar-refractivity contribution >= 4 is 17.3 Å². The van der Waals surface area contributed by atoms with Crippen molar-refractivity contribution in [1.29, 1.82) is 0 Å². The van der Waals surface area contributed by atoms with Crippen LogP contribution < -0.4 is 5.32 Å². The Hall–Kier alpha value is -2.35. The van der Waals surface area contributed by atoms with Gasteiger partial charge in [0.2, 0.25) is 5.95 Å². The van der Waals surface area contributed by atoms with E-state index in [1.54, 1.807) is 17.7 Å². The summed E-state index contributed by atoms with van der Waals surface area (Å²) in [5.74, 6) is 1.62. The molecule has 7 nitrogen and oxygen atoms in total. The first-order valence-electron chi connectivity index (χ1n) is 6.16. The third-order valence-corrected chi connectivity index (χ3v) is 3.43. The molecule has 3 aromatic heterocycles. The Balaban J connectivity index is 2.09. The minimum atomic E-state index is 0.451. The fourth-order valence-corrected chi connectivity index (χ4v) is 2.39. The number of anilines is 1. The Morgan fingerprint density at radius 2 is 2.20 bits per heavy atom. The fraction of sp³-hybridized carbons (Fsp3) is 0.250. The number of nitrogens with one attached hydrogen (secondary N) is 1. The highest BCUT2D eigenvalue weighted by Crippen LogP contribution is 2.23. The van der Waals surface area contributed by atoms with Crippen LogP contribution in [0.3, 0.4) is 0 Å². The molecule has 0 radical (unpaired) electrons. The maximum atomic E-state index is 4.45. The maximum absolute atomic E-state index is 4.45. The molecule has 0 unspecified atom stereocenters. The summed E-state index contributed by atoms with van der Waals surface area (Å²) in [5.41, 5.74) is 0.982. The van der Waals surface area contributed by atoms with E-state index in [-0.39, 0.29) is 0 Å². The van der Waals surface area contributed by atoms with E-state index in [0.29, 0.717) is 17.7 Å². The summed E-state index contributed by atoms with van der Waals surface area (Å²) in [4.78, 5) is 18.3. The molecule has 8 heteroatoms. The van der Waals surface area contributed by atoms with Crippen molar-refractivity contribution in [3.63, 3.8) is 0 Å². The molecule has 0 fully saturated rings. The predicted molar refractivity (Wildman–Crippen MR) is 77.0 cm³/mol. The quantitative estimate of drug-likeness (QED) is 0.789. The van der Waals surface area contributed by atoms with Crippen LogP contribution in [0.2, 0.25) is 0 Å². The largest absolute Gasteiger partial charge is 0.354 e. The van der Waals surface area contributed by atoms with Gasteiger partial charge in [-0.25, -0.2) is 4.98 Å². The fourth-order valence-electron chi connectivity index (χ4n) is 1.71. The van der Waals surface area contributed by atoms with Crippen LogP contribution in [0.1, 0.15) is 11.8 Å². The molecule has 20 heavy (non-hydrogen) atoms. The van der Waals surface area contributed by atoms with E-state index < -0.39 is 0 Å². The van der Waals surface area contributed by atoms with Crippen LogP contribution >= 0.6 is 11.3 Å².